The summed E-state index contributed by atoms with van der Waals surface area (Å²) >= 11 is 0. The van der Waals surface area contributed by atoms with Gasteiger partial charge in [0.05, 0.1) is 14.2 Å². The Morgan fingerprint density at radius 3 is 2.47 bits per heavy atom. The summed E-state index contributed by atoms with van der Waals surface area (Å²) in [5.74, 6) is 1.89. The van der Waals surface area contributed by atoms with E-state index in [2.05, 4.69) is 6.92 Å². The molecule has 1 aromatic carbocycles. The van der Waals surface area contributed by atoms with Crippen molar-refractivity contribution in [1.29, 1.82) is 0 Å². The molecule has 0 aliphatic heterocycles. The van der Waals surface area contributed by atoms with Gasteiger partial charge in [0.1, 0.15) is 11.5 Å². The normalized spacial score (nSPS) is 14.2. The highest BCUT2D eigenvalue weighted by Gasteiger charge is 2.18. The lowest BCUT2D eigenvalue weighted by atomic mass is 9.92. The first-order chi connectivity index (χ1) is 8.13. The molecule has 0 saturated heterocycles. The predicted octanol–water partition coefficient (Wildman–Crippen LogP) is 1.69. The maximum Gasteiger partial charge on any atom is 0.123 e. The molecular formula is C13H22N2O2. The third-order valence-electron chi connectivity index (χ3n) is 3.03. The quantitative estimate of drug-likeness (QED) is 0.791. The van der Waals surface area contributed by atoms with E-state index in [1.54, 1.807) is 14.2 Å². The number of hydrogen-bond donors (Lipinski definition) is 2. The minimum atomic E-state index is -0.0939. The van der Waals surface area contributed by atoms with E-state index in [9.17, 15) is 0 Å². The van der Waals surface area contributed by atoms with Crippen LogP contribution in [0.3, 0.4) is 0 Å². The molecule has 17 heavy (non-hydrogen) atoms. The summed E-state index contributed by atoms with van der Waals surface area (Å²) in [6, 6.07) is 5.58. The average Bonchev–Trinajstić information content (AvgIpc) is 2.37. The zero-order valence-corrected chi connectivity index (χ0v) is 10.8. The second-order valence-electron chi connectivity index (χ2n) is 4.19. The number of benzene rings is 1. The van der Waals surface area contributed by atoms with Crippen LogP contribution < -0.4 is 20.9 Å². The molecule has 0 radical (unpaired) electrons. The second-order valence-corrected chi connectivity index (χ2v) is 4.19. The van der Waals surface area contributed by atoms with Crippen LogP contribution in [0.1, 0.15) is 24.9 Å². The first-order valence-electron chi connectivity index (χ1n) is 5.81. The number of hydrogen-bond acceptors (Lipinski definition) is 4. The van der Waals surface area contributed by atoms with E-state index in [0.29, 0.717) is 12.5 Å². The Balaban J connectivity index is 3.00. The maximum absolute atomic E-state index is 6.23. The molecule has 1 aromatic rings. The van der Waals surface area contributed by atoms with E-state index in [1.807, 2.05) is 18.2 Å². The first kappa shape index (κ1) is 13.8. The van der Waals surface area contributed by atoms with Gasteiger partial charge in [0.25, 0.3) is 0 Å². The van der Waals surface area contributed by atoms with Gasteiger partial charge in [-0.3, -0.25) is 0 Å². The van der Waals surface area contributed by atoms with Crippen molar-refractivity contribution in [2.24, 2.45) is 17.4 Å². The van der Waals surface area contributed by atoms with Gasteiger partial charge >= 0.3 is 0 Å². The number of methoxy groups -OCH3 is 2. The van der Waals surface area contributed by atoms with Gasteiger partial charge in [-0.05, 0) is 37.1 Å². The van der Waals surface area contributed by atoms with Crippen LogP contribution in [0.15, 0.2) is 18.2 Å². The highest BCUT2D eigenvalue weighted by molar-refractivity contribution is 5.42. The molecule has 1 rings (SSSR count). The molecule has 0 spiro atoms. The summed E-state index contributed by atoms with van der Waals surface area (Å²) in [5.41, 5.74) is 12.8. The minimum absolute atomic E-state index is 0.0939. The maximum atomic E-state index is 6.23. The van der Waals surface area contributed by atoms with E-state index < -0.39 is 0 Å². The number of rotatable bonds is 6. The highest BCUT2D eigenvalue weighted by Crippen LogP contribution is 2.32. The molecule has 0 fully saturated rings. The molecule has 4 nitrogen and oxygen atoms in total. The molecule has 0 saturated carbocycles. The van der Waals surface area contributed by atoms with E-state index >= 15 is 0 Å². The highest BCUT2D eigenvalue weighted by atomic mass is 16.5. The van der Waals surface area contributed by atoms with Gasteiger partial charge in [-0.2, -0.15) is 0 Å². The summed E-state index contributed by atoms with van der Waals surface area (Å²) in [7, 11) is 3.28. The van der Waals surface area contributed by atoms with Gasteiger partial charge in [0.15, 0.2) is 0 Å². The Morgan fingerprint density at radius 2 is 1.94 bits per heavy atom. The summed E-state index contributed by atoms with van der Waals surface area (Å²) in [6.45, 7) is 2.73. The third-order valence-corrected chi connectivity index (χ3v) is 3.03. The average molecular weight is 238 g/mol. The van der Waals surface area contributed by atoms with Crippen molar-refractivity contribution in [3.63, 3.8) is 0 Å². The van der Waals surface area contributed by atoms with Gasteiger partial charge in [-0.15, -0.1) is 0 Å². The Kier molecular flexibility index (Phi) is 5.25. The second kappa shape index (κ2) is 6.47. The fraction of sp³-hybridized carbons (Fsp3) is 0.538. The van der Waals surface area contributed by atoms with Gasteiger partial charge in [-0.25, -0.2) is 0 Å². The van der Waals surface area contributed by atoms with Crippen LogP contribution in [0.25, 0.3) is 0 Å². The Hall–Kier alpha value is -1.26. The molecule has 0 aliphatic rings. The molecule has 0 heterocycles. The largest absolute Gasteiger partial charge is 0.497 e. The Labute approximate surface area is 103 Å². The fourth-order valence-corrected chi connectivity index (χ4v) is 1.85. The SMILES string of the molecule is COc1ccc(OC)c(C(N)C(C)CCN)c1. The molecule has 2 atom stereocenters. The molecule has 0 aliphatic carbocycles. The van der Waals surface area contributed by atoms with Crippen LogP contribution in [-0.4, -0.2) is 20.8 Å². The van der Waals surface area contributed by atoms with Gasteiger partial charge in [-0.1, -0.05) is 6.92 Å². The summed E-state index contributed by atoms with van der Waals surface area (Å²) < 4.78 is 10.5. The molecule has 0 amide bonds. The van der Waals surface area contributed by atoms with E-state index in [4.69, 9.17) is 20.9 Å². The van der Waals surface area contributed by atoms with Crippen molar-refractivity contribution in [3.05, 3.63) is 23.8 Å². The smallest absolute Gasteiger partial charge is 0.123 e. The first-order valence-corrected chi connectivity index (χ1v) is 5.81. The van der Waals surface area contributed by atoms with Crippen molar-refractivity contribution in [2.75, 3.05) is 20.8 Å². The monoisotopic (exact) mass is 238 g/mol. The van der Waals surface area contributed by atoms with E-state index in [0.717, 1.165) is 23.5 Å². The summed E-state index contributed by atoms with van der Waals surface area (Å²) in [6.07, 6.45) is 0.890. The standard InChI is InChI=1S/C13H22N2O2/c1-9(6-7-14)13(15)11-8-10(16-2)4-5-12(11)17-3/h4-5,8-9,13H,6-7,14-15H2,1-3H3. The number of ether oxygens (including phenoxy) is 2. The predicted molar refractivity (Wildman–Crippen MR) is 69.3 cm³/mol. The molecule has 2 unspecified atom stereocenters. The van der Waals surface area contributed by atoms with Crippen LogP contribution in [-0.2, 0) is 0 Å². The van der Waals surface area contributed by atoms with Gasteiger partial charge in [0, 0.05) is 11.6 Å². The molecule has 4 heteroatoms. The van der Waals surface area contributed by atoms with Crippen molar-refractivity contribution in [2.45, 2.75) is 19.4 Å². The molecular weight excluding hydrogens is 216 g/mol. The van der Waals surface area contributed by atoms with Gasteiger partial charge < -0.3 is 20.9 Å². The Morgan fingerprint density at radius 1 is 1.24 bits per heavy atom. The summed E-state index contributed by atoms with van der Waals surface area (Å²) in [5, 5.41) is 0. The molecule has 96 valence electrons. The lowest BCUT2D eigenvalue weighted by molar-refractivity contribution is 0.378. The summed E-state index contributed by atoms with van der Waals surface area (Å²) in [4.78, 5) is 0. The van der Waals surface area contributed by atoms with Crippen molar-refractivity contribution < 1.29 is 9.47 Å². The Bertz CT molecular complexity index is 355. The van der Waals surface area contributed by atoms with Crippen molar-refractivity contribution >= 4 is 0 Å². The lowest BCUT2D eigenvalue weighted by Crippen LogP contribution is -2.22. The fourth-order valence-electron chi connectivity index (χ4n) is 1.85. The zero-order valence-electron chi connectivity index (χ0n) is 10.8. The minimum Gasteiger partial charge on any atom is -0.497 e. The van der Waals surface area contributed by atoms with Crippen LogP contribution in [0.4, 0.5) is 0 Å². The van der Waals surface area contributed by atoms with Crippen LogP contribution >= 0.6 is 0 Å². The van der Waals surface area contributed by atoms with E-state index in [-0.39, 0.29) is 6.04 Å². The van der Waals surface area contributed by atoms with Crippen molar-refractivity contribution in [1.82, 2.24) is 0 Å². The number of nitrogens with two attached hydrogens (primary N) is 2. The van der Waals surface area contributed by atoms with Crippen molar-refractivity contribution in [3.8, 4) is 11.5 Å². The lowest BCUT2D eigenvalue weighted by Gasteiger charge is -2.22. The van der Waals surface area contributed by atoms with Crippen LogP contribution in [0, 0.1) is 5.92 Å². The van der Waals surface area contributed by atoms with E-state index in [1.165, 1.54) is 0 Å². The third kappa shape index (κ3) is 3.35. The van der Waals surface area contributed by atoms with Crippen LogP contribution in [0.2, 0.25) is 0 Å². The zero-order chi connectivity index (χ0) is 12.8. The van der Waals surface area contributed by atoms with Crippen LogP contribution in [0.5, 0.6) is 11.5 Å². The molecule has 0 bridgehead atoms. The molecule has 4 N–H and O–H groups in total. The van der Waals surface area contributed by atoms with Gasteiger partial charge in [0.2, 0.25) is 0 Å². The topological polar surface area (TPSA) is 70.5 Å². The molecule has 0 aromatic heterocycles.